The van der Waals surface area contributed by atoms with Gasteiger partial charge >= 0.3 is 37.9 Å². The van der Waals surface area contributed by atoms with Crippen LogP contribution in [-0.4, -0.2) is 0 Å². The van der Waals surface area contributed by atoms with E-state index in [1.807, 2.05) is 0 Å². The van der Waals surface area contributed by atoms with Crippen LogP contribution in [0.3, 0.4) is 0 Å². The Morgan fingerprint density at radius 1 is 0.576 bits per heavy atom. The van der Waals surface area contributed by atoms with E-state index in [0.717, 1.165) is 23.7 Å². The molecule has 4 aliphatic rings. The number of halogens is 2. The van der Waals surface area contributed by atoms with Crippen LogP contribution in [0.1, 0.15) is 148 Å². The molecule has 5 heteroatoms. The van der Waals surface area contributed by atoms with E-state index in [1.54, 1.807) is 37.6 Å². The summed E-state index contributed by atoms with van der Waals surface area (Å²) in [6.45, 7) is 0. The van der Waals surface area contributed by atoms with Crippen molar-refractivity contribution >= 4 is 33.4 Å². The fourth-order valence-corrected chi connectivity index (χ4v) is 9.54. The first-order valence-electron chi connectivity index (χ1n) is 13.5. The second-order valence-electron chi connectivity index (χ2n) is 10.6. The molecule has 6 rings (SSSR count). The molecule has 2 aromatic rings. The molecule has 0 amide bonds. The quantitative estimate of drug-likeness (QED) is 0.306. The third kappa shape index (κ3) is 8.00. The third-order valence-electron chi connectivity index (χ3n) is 8.46. The first-order valence-corrected chi connectivity index (χ1v) is 21.6. The van der Waals surface area contributed by atoms with E-state index in [0.29, 0.717) is 0 Å². The Morgan fingerprint density at radius 3 is 1.21 bits per heavy atom. The van der Waals surface area contributed by atoms with E-state index in [9.17, 15) is 0 Å². The fraction of sp³-hybridized carbons (Fsp3) is 0.714. The van der Waals surface area contributed by atoms with Crippen LogP contribution in [0.15, 0.2) is 24.3 Å². The molecule has 0 radical (unpaired) electrons. The second-order valence-corrected chi connectivity index (χ2v) is 16.8. The predicted molar refractivity (Wildman–Crippen MR) is 146 cm³/mol. The van der Waals surface area contributed by atoms with Gasteiger partial charge in [-0.1, -0.05) is 126 Å². The molecule has 4 aliphatic carbocycles. The van der Waals surface area contributed by atoms with Gasteiger partial charge in [0.25, 0.3) is 0 Å². The van der Waals surface area contributed by atoms with E-state index in [4.69, 9.17) is 17.0 Å². The minimum atomic E-state index is -0.826. The molecule has 0 nitrogen and oxygen atoms in total. The summed E-state index contributed by atoms with van der Waals surface area (Å²) in [6, 6.07) is 9.80. The average molecular weight is 601 g/mol. The molecule has 0 spiro atoms. The van der Waals surface area contributed by atoms with Crippen molar-refractivity contribution in [3.05, 3.63) is 45.4 Å². The summed E-state index contributed by atoms with van der Waals surface area (Å²) in [7, 11) is 13.1. The Balaban J connectivity index is 0.000000141. The molecule has 4 saturated carbocycles. The zero-order chi connectivity index (χ0) is 22.9. The van der Waals surface area contributed by atoms with E-state index < -0.39 is 20.8 Å². The number of hydrogen-bond acceptors (Lipinski definition) is 0. The maximum atomic E-state index is 4.93. The molecule has 2 aromatic heterocycles. The van der Waals surface area contributed by atoms with E-state index >= 15 is 0 Å². The summed E-state index contributed by atoms with van der Waals surface area (Å²) >= 11 is -0.826. The van der Waals surface area contributed by atoms with Gasteiger partial charge in [-0.15, -0.1) is 10.6 Å². The Kier molecular flexibility index (Phi) is 12.0. The smallest absolute Gasteiger partial charge is 0.0537 e. The van der Waals surface area contributed by atoms with Gasteiger partial charge in [-0.3, -0.25) is 0 Å². The summed E-state index contributed by atoms with van der Waals surface area (Å²) in [5.74, 6) is 3.78. The zero-order valence-corrected chi connectivity index (χ0v) is 25.8. The molecule has 33 heavy (non-hydrogen) atoms. The van der Waals surface area contributed by atoms with Crippen LogP contribution in [0.5, 0.6) is 0 Å². The maximum absolute atomic E-state index is 4.93. The Labute approximate surface area is 224 Å². The first-order chi connectivity index (χ1) is 16.3. The molecule has 0 aromatic carbocycles. The van der Waals surface area contributed by atoms with Gasteiger partial charge in [0.2, 0.25) is 0 Å². The summed E-state index contributed by atoms with van der Waals surface area (Å²) in [5.41, 5.74) is 0. The van der Waals surface area contributed by atoms with Crippen LogP contribution >= 0.6 is 33.4 Å². The van der Waals surface area contributed by atoms with Gasteiger partial charge in [0, 0.05) is 0 Å². The fourth-order valence-electron chi connectivity index (χ4n) is 6.58. The molecule has 0 aliphatic heterocycles. The van der Waals surface area contributed by atoms with Gasteiger partial charge < -0.3 is 0 Å². The van der Waals surface area contributed by atoms with E-state index in [2.05, 4.69) is 24.3 Å². The van der Waals surface area contributed by atoms with Crippen LogP contribution < -0.4 is 0 Å². The summed E-state index contributed by atoms with van der Waals surface area (Å²) in [4.78, 5) is 0. The molecule has 0 saturated heterocycles. The van der Waals surface area contributed by atoms with Crippen molar-refractivity contribution in [3.63, 3.8) is 0 Å². The molecule has 0 atom stereocenters. The van der Waals surface area contributed by atoms with Crippen molar-refractivity contribution in [2.45, 2.75) is 126 Å². The molecule has 0 bridgehead atoms. The first kappa shape index (κ1) is 27.1. The van der Waals surface area contributed by atoms with Gasteiger partial charge in [0.15, 0.2) is 0 Å². The molecular formula is C28H40Cl2P2Zr. The van der Waals surface area contributed by atoms with Gasteiger partial charge in [0.05, 0.1) is 0 Å². The Bertz CT molecular complexity index is 665. The van der Waals surface area contributed by atoms with Gasteiger partial charge in [-0.05, 0) is 0 Å². The van der Waals surface area contributed by atoms with E-state index in [1.165, 1.54) is 103 Å². The van der Waals surface area contributed by atoms with Crippen LogP contribution in [0.25, 0.3) is 0 Å². The van der Waals surface area contributed by atoms with Crippen molar-refractivity contribution in [3.8, 4) is 0 Å². The van der Waals surface area contributed by atoms with Gasteiger partial charge in [0.1, 0.15) is 0 Å². The van der Waals surface area contributed by atoms with Crippen molar-refractivity contribution in [2.24, 2.45) is 0 Å². The molecule has 180 valence electrons. The van der Waals surface area contributed by atoms with Crippen LogP contribution in [0.4, 0.5) is 0 Å². The monoisotopic (exact) mass is 598 g/mol. The van der Waals surface area contributed by atoms with Crippen molar-refractivity contribution in [2.75, 3.05) is 0 Å². The second kappa shape index (κ2) is 14.7. The third-order valence-corrected chi connectivity index (χ3v) is 11.5. The largest absolute Gasteiger partial charge is 0.220 e. The topological polar surface area (TPSA) is 0 Å². The van der Waals surface area contributed by atoms with Crippen LogP contribution in [0, 0.1) is 0 Å². The predicted octanol–water partition coefficient (Wildman–Crippen LogP) is 12.0. The molecule has 0 N–H and O–H groups in total. The molecule has 0 unspecified atom stereocenters. The summed E-state index contributed by atoms with van der Waals surface area (Å²) in [6.07, 6.45) is 23.5. The average Bonchev–Trinajstić information content (AvgIpc) is 3.69. The van der Waals surface area contributed by atoms with Crippen LogP contribution in [-0.2, 0) is 20.8 Å². The molecular weight excluding hydrogens is 560 g/mol. The SMILES string of the molecule is [Cl][Zr+2][Cl].c1c[c-](C2CCCC2)pc1C1CCCC1.c1c[c-](C2CCCC2)pc1C1CCCC1. The van der Waals surface area contributed by atoms with Gasteiger partial charge in [-0.2, -0.15) is 22.7 Å². The zero-order valence-electron chi connectivity index (χ0n) is 20.1. The Morgan fingerprint density at radius 2 is 0.879 bits per heavy atom. The summed E-state index contributed by atoms with van der Waals surface area (Å²) < 4.78 is 0. The maximum Gasteiger partial charge on any atom is -0.0537 e. The summed E-state index contributed by atoms with van der Waals surface area (Å²) in [5, 5.41) is 6.98. The Hall–Kier alpha value is 1.02. The molecule has 4 fully saturated rings. The van der Waals surface area contributed by atoms with Crippen molar-refractivity contribution in [1.29, 1.82) is 0 Å². The normalized spacial score (nSPS) is 22.6. The number of rotatable bonds is 4. The van der Waals surface area contributed by atoms with E-state index in [-0.39, 0.29) is 0 Å². The minimum absolute atomic E-state index is 0.826. The van der Waals surface area contributed by atoms with Gasteiger partial charge in [-0.25, -0.2) is 28.5 Å². The standard InChI is InChI=1S/2C14H20P.2ClH.Zr/c2*1-2-6-11(5-1)13-9-10-14(15-13)12-7-3-4-8-12;;;/h2*9-12H,1-8H2;2*1H;/q2*-1;;;+4/p-2. The number of hydrogen-bond donors (Lipinski definition) is 0. The van der Waals surface area contributed by atoms with Crippen molar-refractivity contribution in [1.82, 2.24) is 0 Å². The van der Waals surface area contributed by atoms with Crippen LogP contribution in [0.2, 0.25) is 0 Å². The minimum Gasteiger partial charge on any atom is -0.220 e. The molecule has 2 heterocycles. The van der Waals surface area contributed by atoms with Crippen molar-refractivity contribution < 1.29 is 20.8 Å².